The first-order valence-corrected chi connectivity index (χ1v) is 8.25. The number of likely N-dealkylation sites (tertiary alicyclic amines) is 1. The highest BCUT2D eigenvalue weighted by Gasteiger charge is 2.47. The van der Waals surface area contributed by atoms with Crippen molar-refractivity contribution in [2.24, 2.45) is 0 Å². The van der Waals surface area contributed by atoms with Gasteiger partial charge in [0.15, 0.2) is 0 Å². The third-order valence-electron chi connectivity index (χ3n) is 4.63. The molecule has 1 aliphatic rings. The fraction of sp³-hybridized carbons (Fsp3) is 0.556. The molecule has 0 radical (unpaired) electrons. The van der Waals surface area contributed by atoms with Crippen molar-refractivity contribution in [2.75, 3.05) is 34.5 Å². The number of ether oxygens (including phenoxy) is 3. The van der Waals surface area contributed by atoms with Crippen LogP contribution in [0.25, 0.3) is 0 Å². The van der Waals surface area contributed by atoms with E-state index in [1.165, 1.54) is 0 Å². The van der Waals surface area contributed by atoms with Crippen molar-refractivity contribution in [3.05, 3.63) is 23.8 Å². The largest absolute Gasteiger partial charge is 0.497 e. The zero-order chi connectivity index (χ0) is 18.4. The number of hydrogen-bond acceptors (Lipinski definition) is 5. The van der Waals surface area contributed by atoms with Crippen LogP contribution in [0.2, 0.25) is 0 Å². The third-order valence-corrected chi connectivity index (χ3v) is 4.63. The first kappa shape index (κ1) is 19.1. The molecule has 138 valence electrons. The molecule has 0 saturated carbocycles. The molecule has 1 N–H and O–H groups in total. The molecular weight excluding hydrogens is 324 g/mol. The number of hydrogen-bond donors (Lipinski definition) is 1. The molecule has 2 amide bonds. The minimum Gasteiger partial charge on any atom is -0.497 e. The summed E-state index contributed by atoms with van der Waals surface area (Å²) in [5.41, 5.74) is -0.0510. The molecule has 0 spiro atoms. The average molecular weight is 350 g/mol. The molecule has 7 nitrogen and oxygen atoms in total. The summed E-state index contributed by atoms with van der Waals surface area (Å²) < 4.78 is 15.6. The molecule has 1 aromatic rings. The van der Waals surface area contributed by atoms with E-state index in [0.29, 0.717) is 44.0 Å². The van der Waals surface area contributed by atoms with Gasteiger partial charge >= 0.3 is 0 Å². The molecule has 2 rings (SSSR count). The van der Waals surface area contributed by atoms with Gasteiger partial charge in [-0.1, -0.05) is 0 Å². The third kappa shape index (κ3) is 4.04. The van der Waals surface area contributed by atoms with Gasteiger partial charge in [0.25, 0.3) is 0 Å². The Kier molecular flexibility index (Phi) is 6.25. The van der Waals surface area contributed by atoms with Crippen LogP contribution in [0.3, 0.4) is 0 Å². The summed E-state index contributed by atoms with van der Waals surface area (Å²) in [5.74, 6) is 1.10. The second-order valence-electron chi connectivity index (χ2n) is 6.18. The summed E-state index contributed by atoms with van der Waals surface area (Å²) in [6.45, 7) is 2.96. The molecule has 0 unspecified atom stereocenters. The van der Waals surface area contributed by atoms with Gasteiger partial charge in [0, 0.05) is 31.7 Å². The van der Waals surface area contributed by atoms with Gasteiger partial charge in [-0.25, -0.2) is 0 Å². The predicted molar refractivity (Wildman–Crippen MR) is 92.6 cm³/mol. The maximum atomic E-state index is 12.6. The summed E-state index contributed by atoms with van der Waals surface area (Å²) >= 11 is 0. The molecule has 1 atom stereocenters. The fourth-order valence-electron chi connectivity index (χ4n) is 3.00. The maximum Gasteiger partial charge on any atom is 0.245 e. The topological polar surface area (TPSA) is 77.1 Å². The van der Waals surface area contributed by atoms with Gasteiger partial charge in [-0.3, -0.25) is 9.59 Å². The first-order chi connectivity index (χ1) is 12.0. The van der Waals surface area contributed by atoms with Crippen molar-refractivity contribution in [1.29, 1.82) is 0 Å². The van der Waals surface area contributed by atoms with Crippen LogP contribution in [-0.2, 0) is 20.9 Å². The first-order valence-electron chi connectivity index (χ1n) is 8.25. The molecule has 0 bridgehead atoms. The molecule has 1 fully saturated rings. The lowest BCUT2D eigenvalue weighted by atomic mass is 9.97. The molecule has 1 aliphatic heterocycles. The molecule has 0 aliphatic carbocycles. The molecular formula is C18H26N2O5. The van der Waals surface area contributed by atoms with Crippen LogP contribution in [0.15, 0.2) is 18.2 Å². The minimum absolute atomic E-state index is 0.0396. The van der Waals surface area contributed by atoms with Crippen LogP contribution >= 0.6 is 0 Å². The molecule has 1 aromatic carbocycles. The SMILES string of the molecule is COCCNC(=O)[C@@]1(C)CCC(=O)N1Cc1ccc(OC)cc1OC. The monoisotopic (exact) mass is 350 g/mol. The number of carbonyl (C=O) groups is 2. The average Bonchev–Trinajstić information content (AvgIpc) is 2.91. The van der Waals surface area contributed by atoms with Crippen molar-refractivity contribution < 1.29 is 23.8 Å². The van der Waals surface area contributed by atoms with E-state index in [2.05, 4.69) is 5.32 Å². The fourth-order valence-corrected chi connectivity index (χ4v) is 3.00. The standard InChI is InChI=1S/C18H26N2O5/c1-18(17(22)19-9-10-23-2)8-7-16(21)20(18)12-13-5-6-14(24-3)11-15(13)25-4/h5-6,11H,7-10,12H2,1-4H3,(H,19,22)/t18-/m1/s1. The van der Waals surface area contributed by atoms with Crippen LogP contribution in [0, 0.1) is 0 Å². The van der Waals surface area contributed by atoms with Gasteiger partial charge in [0.1, 0.15) is 17.0 Å². The van der Waals surface area contributed by atoms with E-state index in [0.717, 1.165) is 5.56 Å². The van der Waals surface area contributed by atoms with Gasteiger partial charge in [0.2, 0.25) is 11.8 Å². The Bertz CT molecular complexity index is 634. The lowest BCUT2D eigenvalue weighted by Gasteiger charge is -2.34. The van der Waals surface area contributed by atoms with Gasteiger partial charge in [-0.05, 0) is 25.5 Å². The normalized spacial score (nSPS) is 19.8. The number of nitrogens with one attached hydrogen (secondary N) is 1. The summed E-state index contributed by atoms with van der Waals surface area (Å²) in [6, 6.07) is 5.44. The Labute approximate surface area is 148 Å². The molecule has 1 saturated heterocycles. The summed E-state index contributed by atoms with van der Waals surface area (Å²) in [6.07, 6.45) is 0.843. The minimum atomic E-state index is -0.879. The van der Waals surface area contributed by atoms with Crippen LogP contribution in [-0.4, -0.2) is 56.7 Å². The second-order valence-corrected chi connectivity index (χ2v) is 6.18. The molecule has 7 heteroatoms. The molecule has 1 heterocycles. The van der Waals surface area contributed by atoms with E-state index in [-0.39, 0.29) is 11.8 Å². The van der Waals surface area contributed by atoms with Crippen molar-refractivity contribution in [3.63, 3.8) is 0 Å². The maximum absolute atomic E-state index is 12.6. The van der Waals surface area contributed by atoms with E-state index in [9.17, 15) is 9.59 Å². The highest BCUT2D eigenvalue weighted by atomic mass is 16.5. The highest BCUT2D eigenvalue weighted by molar-refractivity contribution is 5.94. The van der Waals surface area contributed by atoms with Gasteiger partial charge in [0.05, 0.1) is 27.4 Å². The predicted octanol–water partition coefficient (Wildman–Crippen LogP) is 1.35. The summed E-state index contributed by atoms with van der Waals surface area (Å²) in [5, 5.41) is 2.84. The Morgan fingerprint density at radius 2 is 2.04 bits per heavy atom. The van der Waals surface area contributed by atoms with E-state index in [1.54, 1.807) is 39.2 Å². The van der Waals surface area contributed by atoms with E-state index in [1.807, 2.05) is 12.1 Å². The van der Waals surface area contributed by atoms with Crippen LogP contribution in [0.4, 0.5) is 0 Å². The number of methoxy groups -OCH3 is 3. The molecule has 0 aromatic heterocycles. The summed E-state index contributed by atoms with van der Waals surface area (Å²) in [4.78, 5) is 26.7. The Hall–Kier alpha value is -2.28. The molecule has 25 heavy (non-hydrogen) atoms. The van der Waals surface area contributed by atoms with Crippen LogP contribution < -0.4 is 14.8 Å². The van der Waals surface area contributed by atoms with E-state index in [4.69, 9.17) is 14.2 Å². The van der Waals surface area contributed by atoms with Crippen molar-refractivity contribution in [2.45, 2.75) is 31.8 Å². The Morgan fingerprint density at radius 1 is 1.28 bits per heavy atom. The number of rotatable bonds is 8. The zero-order valence-corrected chi connectivity index (χ0v) is 15.3. The van der Waals surface area contributed by atoms with Gasteiger partial charge in [-0.2, -0.15) is 0 Å². The smallest absolute Gasteiger partial charge is 0.245 e. The van der Waals surface area contributed by atoms with Crippen molar-refractivity contribution >= 4 is 11.8 Å². The van der Waals surface area contributed by atoms with E-state index >= 15 is 0 Å². The highest BCUT2D eigenvalue weighted by Crippen LogP contribution is 2.34. The van der Waals surface area contributed by atoms with Gasteiger partial charge in [-0.15, -0.1) is 0 Å². The van der Waals surface area contributed by atoms with Crippen molar-refractivity contribution in [1.82, 2.24) is 10.2 Å². The van der Waals surface area contributed by atoms with Gasteiger partial charge < -0.3 is 24.4 Å². The number of carbonyl (C=O) groups excluding carboxylic acids is 2. The zero-order valence-electron chi connectivity index (χ0n) is 15.3. The van der Waals surface area contributed by atoms with Crippen LogP contribution in [0.1, 0.15) is 25.3 Å². The lowest BCUT2D eigenvalue weighted by Crippen LogP contribution is -2.54. The number of nitrogens with zero attached hydrogens (tertiary/aromatic N) is 1. The van der Waals surface area contributed by atoms with E-state index < -0.39 is 5.54 Å². The quantitative estimate of drug-likeness (QED) is 0.716. The number of benzene rings is 1. The number of amides is 2. The summed E-state index contributed by atoms with van der Waals surface area (Å²) in [7, 11) is 4.73. The van der Waals surface area contributed by atoms with Crippen molar-refractivity contribution in [3.8, 4) is 11.5 Å². The van der Waals surface area contributed by atoms with Crippen LogP contribution in [0.5, 0.6) is 11.5 Å². The Morgan fingerprint density at radius 3 is 2.68 bits per heavy atom. The second kappa shape index (κ2) is 8.20. The Balaban J connectivity index is 2.20. The lowest BCUT2D eigenvalue weighted by molar-refractivity contribution is -0.141.